The summed E-state index contributed by atoms with van der Waals surface area (Å²) in [6, 6.07) is 9.36. The highest BCUT2D eigenvalue weighted by Gasteiger charge is 2.30. The fourth-order valence-electron chi connectivity index (χ4n) is 1.44. The van der Waals surface area contributed by atoms with Crippen LogP contribution in [0, 0.1) is 0 Å². The monoisotopic (exact) mass is 250 g/mol. The molecule has 0 fully saturated rings. The van der Waals surface area contributed by atoms with Crippen molar-refractivity contribution in [2.24, 2.45) is 0 Å². The molecule has 1 amide bonds. The Hall–Kier alpha value is -2.04. The summed E-state index contributed by atoms with van der Waals surface area (Å²) in [6.07, 6.45) is 0. The Labute approximate surface area is 107 Å². The molecule has 0 aliphatic carbocycles. The van der Waals surface area contributed by atoms with Crippen LogP contribution in [0.1, 0.15) is 13.8 Å². The van der Waals surface area contributed by atoms with E-state index in [-0.39, 0.29) is 12.5 Å². The van der Waals surface area contributed by atoms with Crippen molar-refractivity contribution in [1.82, 2.24) is 5.32 Å². The molecule has 0 radical (unpaired) electrons. The summed E-state index contributed by atoms with van der Waals surface area (Å²) in [5.41, 5.74) is -0.173. The molecule has 0 unspecified atom stereocenters. The van der Waals surface area contributed by atoms with E-state index < -0.39 is 11.5 Å². The van der Waals surface area contributed by atoms with E-state index in [2.05, 4.69) is 15.4 Å². The van der Waals surface area contributed by atoms with E-state index in [1.54, 1.807) is 13.8 Å². The third-order valence-electron chi connectivity index (χ3n) is 2.37. The molecule has 0 saturated heterocycles. The second-order valence-electron chi connectivity index (χ2n) is 4.38. The lowest BCUT2D eigenvalue weighted by Gasteiger charge is -2.23. The lowest BCUT2D eigenvalue weighted by atomic mass is 10.1. The number of esters is 1. The second kappa shape index (κ2) is 6.05. The van der Waals surface area contributed by atoms with Crippen molar-refractivity contribution in [3.63, 3.8) is 0 Å². The number of amides is 1. The van der Waals surface area contributed by atoms with Gasteiger partial charge in [-0.2, -0.15) is 0 Å². The molecule has 1 aromatic carbocycles. The first-order chi connectivity index (χ1) is 8.45. The first-order valence-electron chi connectivity index (χ1n) is 5.64. The summed E-state index contributed by atoms with van der Waals surface area (Å²) in [7, 11) is 1.29. The molecule has 0 spiro atoms. The molecule has 2 N–H and O–H groups in total. The van der Waals surface area contributed by atoms with Gasteiger partial charge in [0.15, 0.2) is 0 Å². The number of benzene rings is 1. The molecular weight excluding hydrogens is 232 g/mol. The average molecular weight is 250 g/mol. The molecule has 5 nitrogen and oxygen atoms in total. The number of carbonyl (C=O) groups is 2. The minimum Gasteiger partial charge on any atom is -0.467 e. The van der Waals surface area contributed by atoms with Crippen molar-refractivity contribution in [3.05, 3.63) is 30.3 Å². The standard InChI is InChI=1S/C13H18N2O3/c1-13(2,12(17)18-3)15-11(16)9-14-10-7-5-4-6-8-10/h4-8,14H,9H2,1-3H3,(H,15,16). The van der Waals surface area contributed by atoms with E-state index in [4.69, 9.17) is 0 Å². The molecule has 1 rings (SSSR count). The molecule has 18 heavy (non-hydrogen) atoms. The Kier molecular flexibility index (Phi) is 4.71. The molecule has 5 heteroatoms. The maximum Gasteiger partial charge on any atom is 0.330 e. The fraction of sp³-hybridized carbons (Fsp3) is 0.385. The largest absolute Gasteiger partial charge is 0.467 e. The number of para-hydroxylation sites is 1. The smallest absolute Gasteiger partial charge is 0.330 e. The van der Waals surface area contributed by atoms with E-state index in [9.17, 15) is 9.59 Å². The number of ether oxygens (including phenoxy) is 1. The zero-order chi connectivity index (χ0) is 13.6. The lowest BCUT2D eigenvalue weighted by molar-refractivity contribution is -0.149. The average Bonchev–Trinajstić information content (AvgIpc) is 2.36. The number of hydrogen-bond donors (Lipinski definition) is 2. The Morgan fingerprint density at radius 1 is 1.22 bits per heavy atom. The second-order valence-corrected chi connectivity index (χ2v) is 4.38. The van der Waals surface area contributed by atoms with E-state index in [0.29, 0.717) is 0 Å². The third-order valence-corrected chi connectivity index (χ3v) is 2.37. The van der Waals surface area contributed by atoms with Crippen LogP contribution in [0.25, 0.3) is 0 Å². The van der Waals surface area contributed by atoms with Crippen molar-refractivity contribution in [2.45, 2.75) is 19.4 Å². The summed E-state index contributed by atoms with van der Waals surface area (Å²) in [4.78, 5) is 23.1. The van der Waals surface area contributed by atoms with Gasteiger partial charge in [-0.1, -0.05) is 18.2 Å². The number of hydrogen-bond acceptors (Lipinski definition) is 4. The third kappa shape index (κ3) is 4.08. The van der Waals surface area contributed by atoms with Crippen LogP contribution in [-0.4, -0.2) is 31.1 Å². The van der Waals surface area contributed by atoms with Crippen LogP contribution in [0.5, 0.6) is 0 Å². The van der Waals surface area contributed by atoms with Crippen LogP contribution in [0.15, 0.2) is 30.3 Å². The van der Waals surface area contributed by atoms with Gasteiger partial charge in [0.25, 0.3) is 0 Å². The molecule has 0 aliphatic rings. The van der Waals surface area contributed by atoms with Crippen LogP contribution in [0.2, 0.25) is 0 Å². The van der Waals surface area contributed by atoms with Gasteiger partial charge in [0.2, 0.25) is 5.91 Å². The highest BCUT2D eigenvalue weighted by molar-refractivity contribution is 5.89. The van der Waals surface area contributed by atoms with Gasteiger partial charge >= 0.3 is 5.97 Å². The maximum absolute atomic E-state index is 11.7. The first-order valence-corrected chi connectivity index (χ1v) is 5.64. The van der Waals surface area contributed by atoms with Crippen molar-refractivity contribution in [1.29, 1.82) is 0 Å². The van der Waals surface area contributed by atoms with Crippen molar-refractivity contribution in [3.8, 4) is 0 Å². The maximum atomic E-state index is 11.7. The lowest BCUT2D eigenvalue weighted by Crippen LogP contribution is -2.51. The highest BCUT2D eigenvalue weighted by Crippen LogP contribution is 2.06. The molecule has 0 aliphatic heterocycles. The van der Waals surface area contributed by atoms with Gasteiger partial charge in [0, 0.05) is 5.69 Å². The first kappa shape index (κ1) is 14.0. The Morgan fingerprint density at radius 3 is 2.39 bits per heavy atom. The van der Waals surface area contributed by atoms with E-state index >= 15 is 0 Å². The van der Waals surface area contributed by atoms with E-state index in [1.807, 2.05) is 30.3 Å². The van der Waals surface area contributed by atoms with Gasteiger partial charge in [-0.3, -0.25) is 4.79 Å². The summed E-state index contributed by atoms with van der Waals surface area (Å²) in [5.74, 6) is -0.746. The Balaban J connectivity index is 2.45. The molecule has 1 aromatic rings. The summed E-state index contributed by atoms with van der Waals surface area (Å²) in [6.45, 7) is 3.29. The van der Waals surface area contributed by atoms with Crippen LogP contribution < -0.4 is 10.6 Å². The number of methoxy groups -OCH3 is 1. The molecule has 0 bridgehead atoms. The fourth-order valence-corrected chi connectivity index (χ4v) is 1.44. The van der Waals surface area contributed by atoms with Crippen molar-refractivity contribution in [2.75, 3.05) is 19.0 Å². The normalized spacial score (nSPS) is 10.6. The predicted octanol–water partition coefficient (Wildman–Crippen LogP) is 1.17. The van der Waals surface area contributed by atoms with Gasteiger partial charge in [0.1, 0.15) is 5.54 Å². The van der Waals surface area contributed by atoms with E-state index in [0.717, 1.165) is 5.69 Å². The number of nitrogens with one attached hydrogen (secondary N) is 2. The summed E-state index contributed by atoms with van der Waals surface area (Å²) >= 11 is 0. The molecule has 0 heterocycles. The summed E-state index contributed by atoms with van der Waals surface area (Å²) < 4.78 is 4.60. The Bertz CT molecular complexity index is 416. The van der Waals surface area contributed by atoms with Gasteiger partial charge < -0.3 is 15.4 Å². The summed E-state index contributed by atoms with van der Waals surface area (Å²) in [5, 5.41) is 5.56. The van der Waals surface area contributed by atoms with Crippen molar-refractivity contribution < 1.29 is 14.3 Å². The van der Waals surface area contributed by atoms with Gasteiger partial charge in [0.05, 0.1) is 13.7 Å². The number of rotatable bonds is 5. The number of anilines is 1. The number of carbonyl (C=O) groups excluding carboxylic acids is 2. The van der Waals surface area contributed by atoms with E-state index in [1.165, 1.54) is 7.11 Å². The molecular formula is C13H18N2O3. The highest BCUT2D eigenvalue weighted by atomic mass is 16.5. The van der Waals surface area contributed by atoms with Crippen LogP contribution in [-0.2, 0) is 14.3 Å². The van der Waals surface area contributed by atoms with Gasteiger partial charge in [-0.15, -0.1) is 0 Å². The zero-order valence-corrected chi connectivity index (χ0v) is 10.8. The molecule has 0 atom stereocenters. The molecule has 98 valence electrons. The van der Waals surface area contributed by atoms with Gasteiger partial charge in [-0.05, 0) is 26.0 Å². The van der Waals surface area contributed by atoms with Gasteiger partial charge in [-0.25, -0.2) is 4.79 Å². The van der Waals surface area contributed by atoms with Crippen molar-refractivity contribution >= 4 is 17.6 Å². The van der Waals surface area contributed by atoms with Crippen LogP contribution in [0.4, 0.5) is 5.69 Å². The zero-order valence-electron chi connectivity index (χ0n) is 10.8. The SMILES string of the molecule is COC(=O)C(C)(C)NC(=O)CNc1ccccc1. The Morgan fingerprint density at radius 2 is 1.83 bits per heavy atom. The quantitative estimate of drug-likeness (QED) is 0.770. The predicted molar refractivity (Wildman–Crippen MR) is 69.2 cm³/mol. The van der Waals surface area contributed by atoms with Crippen LogP contribution in [0.3, 0.4) is 0 Å². The minimum absolute atomic E-state index is 0.102. The molecule has 0 saturated carbocycles. The van der Waals surface area contributed by atoms with Crippen LogP contribution >= 0.6 is 0 Å². The molecule has 0 aromatic heterocycles. The minimum atomic E-state index is -1.02. The topological polar surface area (TPSA) is 67.4 Å².